The van der Waals surface area contributed by atoms with Gasteiger partial charge >= 0.3 is 0 Å². The molecular weight excluding hydrogens is 148 g/mol. The Morgan fingerprint density at radius 3 is 3.08 bits per heavy atom. The molecule has 1 aliphatic rings. The lowest BCUT2D eigenvalue weighted by Gasteiger charge is -2.26. The van der Waals surface area contributed by atoms with Gasteiger partial charge in [-0.2, -0.15) is 0 Å². The zero-order chi connectivity index (χ0) is 8.55. The van der Waals surface area contributed by atoms with Crippen molar-refractivity contribution in [2.45, 2.75) is 13.5 Å². The van der Waals surface area contributed by atoms with Gasteiger partial charge < -0.3 is 5.32 Å². The van der Waals surface area contributed by atoms with Crippen molar-refractivity contribution in [2.75, 3.05) is 19.0 Å². The first-order chi connectivity index (χ1) is 5.75. The van der Waals surface area contributed by atoms with Crippen LogP contribution in [0.4, 0.5) is 5.69 Å². The molecule has 0 amide bonds. The van der Waals surface area contributed by atoms with E-state index in [4.69, 9.17) is 0 Å². The zero-order valence-electron chi connectivity index (χ0n) is 7.59. The van der Waals surface area contributed by atoms with Crippen LogP contribution in [0.25, 0.3) is 0 Å². The Kier molecular flexibility index (Phi) is 1.77. The highest BCUT2D eigenvalue weighted by Crippen LogP contribution is 2.21. The van der Waals surface area contributed by atoms with Gasteiger partial charge in [0.1, 0.15) is 0 Å². The Morgan fingerprint density at radius 2 is 2.25 bits per heavy atom. The van der Waals surface area contributed by atoms with Crippen molar-refractivity contribution in [1.29, 1.82) is 0 Å². The van der Waals surface area contributed by atoms with Crippen molar-refractivity contribution in [3.63, 3.8) is 0 Å². The van der Waals surface area contributed by atoms with E-state index >= 15 is 0 Å². The number of nitrogens with one attached hydrogen (secondary N) is 1. The van der Waals surface area contributed by atoms with E-state index in [0.717, 1.165) is 13.2 Å². The average molecular weight is 162 g/mol. The van der Waals surface area contributed by atoms with Gasteiger partial charge in [0.05, 0.1) is 6.67 Å². The highest BCUT2D eigenvalue weighted by atomic mass is 15.2. The van der Waals surface area contributed by atoms with E-state index in [1.807, 2.05) is 0 Å². The molecule has 0 saturated heterocycles. The maximum absolute atomic E-state index is 3.37. The maximum Gasteiger partial charge on any atom is 0.0678 e. The Labute approximate surface area is 73.2 Å². The lowest BCUT2D eigenvalue weighted by atomic mass is 10.1. The number of aryl methyl sites for hydroxylation is 1. The molecule has 1 aromatic carbocycles. The Balaban J connectivity index is 2.37. The van der Waals surface area contributed by atoms with E-state index in [2.05, 4.69) is 42.4 Å². The van der Waals surface area contributed by atoms with Crippen LogP contribution in [-0.2, 0) is 6.54 Å². The molecule has 0 atom stereocenters. The normalized spacial score (nSPS) is 16.8. The van der Waals surface area contributed by atoms with Crippen LogP contribution in [0.1, 0.15) is 11.1 Å². The molecule has 1 heterocycles. The van der Waals surface area contributed by atoms with Crippen LogP contribution in [-0.4, -0.2) is 18.6 Å². The topological polar surface area (TPSA) is 15.3 Å². The Bertz CT molecular complexity index is 294. The fourth-order valence-corrected chi connectivity index (χ4v) is 1.59. The molecule has 0 spiro atoms. The van der Waals surface area contributed by atoms with Gasteiger partial charge in [0.2, 0.25) is 0 Å². The number of hydrogen-bond acceptors (Lipinski definition) is 2. The molecule has 1 aromatic rings. The second kappa shape index (κ2) is 2.79. The summed E-state index contributed by atoms with van der Waals surface area (Å²) in [6.07, 6.45) is 0. The number of nitrogens with zero attached hydrogens (tertiary/aromatic N) is 1. The smallest absolute Gasteiger partial charge is 0.0678 e. The van der Waals surface area contributed by atoms with Crippen molar-refractivity contribution in [2.24, 2.45) is 0 Å². The molecule has 2 rings (SSSR count). The molecule has 1 N–H and O–H groups in total. The summed E-state index contributed by atoms with van der Waals surface area (Å²) >= 11 is 0. The van der Waals surface area contributed by atoms with E-state index < -0.39 is 0 Å². The molecule has 0 fully saturated rings. The van der Waals surface area contributed by atoms with E-state index in [1.54, 1.807) is 0 Å². The maximum atomic E-state index is 3.37. The van der Waals surface area contributed by atoms with Crippen LogP contribution in [0.2, 0.25) is 0 Å². The predicted octanol–water partition coefficient (Wildman–Crippen LogP) is 1.81. The van der Waals surface area contributed by atoms with Gasteiger partial charge in [0.15, 0.2) is 0 Å². The summed E-state index contributed by atoms with van der Waals surface area (Å²) in [6, 6.07) is 6.56. The molecule has 0 aromatic heterocycles. The van der Waals surface area contributed by atoms with Crippen molar-refractivity contribution >= 4 is 5.69 Å². The van der Waals surface area contributed by atoms with E-state index in [0.29, 0.717) is 0 Å². The lowest BCUT2D eigenvalue weighted by Crippen LogP contribution is -2.29. The summed E-state index contributed by atoms with van der Waals surface area (Å²) in [5.74, 6) is 0. The largest absolute Gasteiger partial charge is 0.372 e. The van der Waals surface area contributed by atoms with Crippen LogP contribution in [0.5, 0.6) is 0 Å². The quantitative estimate of drug-likeness (QED) is 0.626. The predicted molar refractivity (Wildman–Crippen MR) is 51.1 cm³/mol. The zero-order valence-corrected chi connectivity index (χ0v) is 7.59. The monoisotopic (exact) mass is 162 g/mol. The number of fused-ring (bicyclic) bond motifs is 1. The molecule has 0 radical (unpaired) electrons. The van der Waals surface area contributed by atoms with E-state index in [1.165, 1.54) is 16.8 Å². The van der Waals surface area contributed by atoms with Gasteiger partial charge in [0, 0.05) is 12.2 Å². The molecule has 2 heteroatoms. The first-order valence-electron chi connectivity index (χ1n) is 4.27. The van der Waals surface area contributed by atoms with Crippen LogP contribution in [0, 0.1) is 6.92 Å². The second-order valence-electron chi connectivity index (χ2n) is 3.51. The fraction of sp³-hybridized carbons (Fsp3) is 0.400. The van der Waals surface area contributed by atoms with Crippen LogP contribution in [0.15, 0.2) is 18.2 Å². The first kappa shape index (κ1) is 7.62. The third-order valence-electron chi connectivity index (χ3n) is 2.24. The highest BCUT2D eigenvalue weighted by Gasteiger charge is 2.10. The van der Waals surface area contributed by atoms with Crippen LogP contribution in [0.3, 0.4) is 0 Å². The minimum absolute atomic E-state index is 0.954. The molecule has 12 heavy (non-hydrogen) atoms. The molecule has 0 saturated carbocycles. The molecule has 0 bridgehead atoms. The average Bonchev–Trinajstić information content (AvgIpc) is 2.03. The van der Waals surface area contributed by atoms with Crippen molar-refractivity contribution in [1.82, 2.24) is 4.90 Å². The molecule has 64 valence electrons. The van der Waals surface area contributed by atoms with Gasteiger partial charge in [-0.1, -0.05) is 17.7 Å². The second-order valence-corrected chi connectivity index (χ2v) is 3.51. The molecular formula is C10H14N2. The Morgan fingerprint density at radius 1 is 1.42 bits per heavy atom. The Hall–Kier alpha value is -1.02. The van der Waals surface area contributed by atoms with Gasteiger partial charge in [-0.25, -0.2) is 0 Å². The van der Waals surface area contributed by atoms with Gasteiger partial charge in [0.25, 0.3) is 0 Å². The third-order valence-corrected chi connectivity index (χ3v) is 2.24. The summed E-state index contributed by atoms with van der Waals surface area (Å²) in [4.78, 5) is 2.27. The van der Waals surface area contributed by atoms with Gasteiger partial charge in [-0.3, -0.25) is 4.90 Å². The van der Waals surface area contributed by atoms with Crippen LogP contribution >= 0.6 is 0 Å². The minimum Gasteiger partial charge on any atom is -0.372 e. The summed E-state index contributed by atoms with van der Waals surface area (Å²) in [5.41, 5.74) is 4.04. The highest BCUT2D eigenvalue weighted by molar-refractivity contribution is 5.53. The van der Waals surface area contributed by atoms with Crippen LogP contribution < -0.4 is 5.32 Å². The number of anilines is 1. The van der Waals surface area contributed by atoms with Gasteiger partial charge in [-0.05, 0) is 25.6 Å². The molecule has 0 unspecified atom stereocenters. The van der Waals surface area contributed by atoms with Gasteiger partial charge in [-0.15, -0.1) is 0 Å². The SMILES string of the molecule is Cc1ccc2c(c1)CN(C)CN2. The number of rotatable bonds is 0. The molecule has 2 nitrogen and oxygen atoms in total. The summed E-state index contributed by atoms with van der Waals surface area (Å²) in [7, 11) is 2.12. The summed E-state index contributed by atoms with van der Waals surface area (Å²) in [6.45, 7) is 4.15. The standard InChI is InChI=1S/C10H14N2/c1-8-3-4-10-9(5-8)6-12(2)7-11-10/h3-5,11H,6-7H2,1-2H3. The third kappa shape index (κ3) is 1.30. The summed E-state index contributed by atoms with van der Waals surface area (Å²) in [5, 5.41) is 3.37. The van der Waals surface area contributed by atoms with Crippen molar-refractivity contribution in [3.05, 3.63) is 29.3 Å². The van der Waals surface area contributed by atoms with E-state index in [9.17, 15) is 0 Å². The van der Waals surface area contributed by atoms with Crippen molar-refractivity contribution in [3.8, 4) is 0 Å². The minimum atomic E-state index is 0.954. The molecule has 1 aliphatic heterocycles. The molecule has 0 aliphatic carbocycles. The number of hydrogen-bond donors (Lipinski definition) is 1. The lowest BCUT2D eigenvalue weighted by molar-refractivity contribution is 0.340. The summed E-state index contributed by atoms with van der Waals surface area (Å²) < 4.78 is 0. The fourth-order valence-electron chi connectivity index (χ4n) is 1.59. The van der Waals surface area contributed by atoms with Crippen molar-refractivity contribution < 1.29 is 0 Å². The van der Waals surface area contributed by atoms with E-state index in [-0.39, 0.29) is 0 Å². The first-order valence-corrected chi connectivity index (χ1v) is 4.27. The number of benzene rings is 1.